The Labute approximate surface area is 209 Å². The molecule has 0 atom stereocenters. The van der Waals surface area contributed by atoms with E-state index in [1.165, 1.54) is 6.33 Å². The Bertz CT molecular complexity index is 1400. The Kier molecular flexibility index (Phi) is 7.44. The van der Waals surface area contributed by atoms with Crippen molar-refractivity contribution < 1.29 is 15.3 Å². The quantitative estimate of drug-likeness (QED) is 0.133. The van der Waals surface area contributed by atoms with Crippen LogP contribution >= 0.6 is 32.6 Å². The van der Waals surface area contributed by atoms with Crippen LogP contribution in [0.15, 0.2) is 61.3 Å². The first kappa shape index (κ1) is 24.1. The molecule has 0 bridgehead atoms. The fourth-order valence-corrected chi connectivity index (χ4v) is 4.17. The van der Waals surface area contributed by atoms with E-state index in [1.54, 1.807) is 40.6 Å². The minimum atomic E-state index is -4.14. The Morgan fingerprint density at radius 2 is 1.88 bits per heavy atom. The molecule has 0 amide bonds. The number of benzene rings is 2. The minimum absolute atomic E-state index is 0.0914. The van der Waals surface area contributed by atoms with Crippen LogP contribution in [-0.4, -0.2) is 20.3 Å². The van der Waals surface area contributed by atoms with Crippen molar-refractivity contribution in [1.82, 2.24) is 14.5 Å². The van der Waals surface area contributed by atoms with E-state index in [-0.39, 0.29) is 18.2 Å². The number of ether oxygens (including phenoxy) is 1. The molecule has 9 heteroatoms. The first-order valence-corrected chi connectivity index (χ1v) is 13.3. The first-order chi connectivity index (χ1) is 16.3. The number of Topliss-reactive ketones (excluding diaryl/α,β-unsaturated/α-hetero) is 1. The molecule has 2 heterocycles. The fraction of sp³-hybridized carbons (Fsp3) is 0.160. The van der Waals surface area contributed by atoms with Crippen LogP contribution in [0.25, 0.3) is 22.0 Å². The van der Waals surface area contributed by atoms with Crippen molar-refractivity contribution in [3.63, 3.8) is 0 Å². The van der Waals surface area contributed by atoms with Crippen LogP contribution < -0.4 is 4.74 Å². The number of hydrogen-bond acceptors (Lipinski definition) is 4. The number of carbonyl (C=O) groups excluding carboxylic acids is 1. The molecule has 4 aromatic rings. The summed E-state index contributed by atoms with van der Waals surface area (Å²) in [5, 5.41) is 1.34. The molecule has 0 fully saturated rings. The number of rotatable bonds is 6. The molecule has 2 aromatic heterocycles. The van der Waals surface area contributed by atoms with E-state index in [4.69, 9.17) is 16.3 Å². The summed E-state index contributed by atoms with van der Waals surface area (Å²) in [5.74, 6) is 0.252. The summed E-state index contributed by atoms with van der Waals surface area (Å²) in [7, 11) is 0. The van der Waals surface area contributed by atoms with Gasteiger partial charge in [-0.2, -0.15) is 0 Å². The molecule has 5 nitrogen and oxygen atoms in total. The zero-order valence-electron chi connectivity index (χ0n) is 18.2. The van der Waals surface area contributed by atoms with E-state index in [2.05, 4.69) is 28.4 Å². The Morgan fingerprint density at radius 3 is 2.53 bits per heavy atom. The predicted octanol–water partition coefficient (Wildman–Crippen LogP) is 7.33. The molecular weight excluding hydrogens is 575 g/mol. The smallest absolute Gasteiger partial charge is 0.244 e. The van der Waals surface area contributed by atoms with Crippen LogP contribution in [-0.2, 0) is 6.42 Å². The van der Waals surface area contributed by atoms with E-state index < -0.39 is 21.0 Å². The number of hydrogen-bond donors (Lipinski definition) is 0. The zero-order chi connectivity index (χ0) is 24.2. The molecule has 0 aliphatic heterocycles. The summed E-state index contributed by atoms with van der Waals surface area (Å²) in [4.78, 5) is 21.5. The third kappa shape index (κ3) is 5.37. The van der Waals surface area contributed by atoms with E-state index >= 15 is 0 Å². The van der Waals surface area contributed by atoms with Gasteiger partial charge in [0.25, 0.3) is 0 Å². The fourth-order valence-electron chi connectivity index (χ4n) is 3.65. The van der Waals surface area contributed by atoms with Crippen molar-refractivity contribution in [2.45, 2.75) is 26.3 Å². The average molecular weight is 594 g/mol. The second-order valence-corrected chi connectivity index (χ2v) is 9.83. The van der Waals surface area contributed by atoms with Gasteiger partial charge in [-0.15, -0.1) is 0 Å². The molecular formula is C25H19ClF2IN3O2. The number of aromatic nitrogens is 3. The Morgan fingerprint density at radius 1 is 1.18 bits per heavy atom. The van der Waals surface area contributed by atoms with Gasteiger partial charge in [0.2, 0.25) is 0 Å². The van der Waals surface area contributed by atoms with E-state index in [9.17, 15) is 10.5 Å². The molecule has 0 aliphatic rings. The second kappa shape index (κ2) is 10.5. The monoisotopic (exact) mass is 593 g/mol. The summed E-state index contributed by atoms with van der Waals surface area (Å²) in [6.07, 6.45) is 8.91. The van der Waals surface area contributed by atoms with Crippen LogP contribution in [0.4, 0.5) is 5.72 Å². The number of nitrogens with zero attached hydrogens (tertiary/aromatic N) is 3. The van der Waals surface area contributed by atoms with Gasteiger partial charge in [-0.1, -0.05) is 11.6 Å². The van der Waals surface area contributed by atoms with Gasteiger partial charge < -0.3 is 4.57 Å². The average Bonchev–Trinajstić information content (AvgIpc) is 3.17. The van der Waals surface area contributed by atoms with E-state index in [0.717, 1.165) is 27.6 Å². The van der Waals surface area contributed by atoms with Crippen molar-refractivity contribution in [1.29, 1.82) is 0 Å². The molecule has 4 rings (SSSR count). The number of carbonyl (C=O) groups is 1. The molecule has 0 unspecified atom stereocenters. The van der Waals surface area contributed by atoms with Gasteiger partial charge >= 0.3 is 123 Å². The van der Waals surface area contributed by atoms with Crippen molar-refractivity contribution in [3.05, 3.63) is 77.5 Å². The Hall–Kier alpha value is -3.03. The number of fused-ring (bicyclic) bond motifs is 1. The van der Waals surface area contributed by atoms with Gasteiger partial charge in [0.1, 0.15) is 6.33 Å². The van der Waals surface area contributed by atoms with Crippen molar-refractivity contribution >= 4 is 49.3 Å². The van der Waals surface area contributed by atoms with E-state index in [0.29, 0.717) is 16.3 Å². The summed E-state index contributed by atoms with van der Waals surface area (Å²) in [5.41, 5.74) is 3.80. The minimum Gasteiger partial charge on any atom is -0.244 e. The normalized spacial score (nSPS) is 11.3. The van der Waals surface area contributed by atoms with Crippen molar-refractivity contribution in [2.75, 3.05) is 0 Å². The topological polar surface area (TPSA) is 57.0 Å². The molecule has 0 saturated heterocycles. The van der Waals surface area contributed by atoms with Gasteiger partial charge in [0.15, 0.2) is 0 Å². The molecule has 0 N–H and O–H groups in total. The zero-order valence-corrected chi connectivity index (χ0v) is 21.1. The third-order valence-corrected chi connectivity index (χ3v) is 6.12. The molecule has 2 aromatic carbocycles. The second-order valence-electron chi connectivity index (χ2n) is 7.76. The Balaban J connectivity index is 1.67. The van der Waals surface area contributed by atoms with Crippen LogP contribution in [0.3, 0.4) is 0 Å². The summed E-state index contributed by atoms with van der Waals surface area (Å²) < 4.78 is 33.4. The van der Waals surface area contributed by atoms with Crippen molar-refractivity contribution in [2.24, 2.45) is 0 Å². The molecule has 0 spiro atoms. The number of ketones is 1. The molecule has 0 saturated carbocycles. The van der Waals surface area contributed by atoms with Crippen LogP contribution in [0.2, 0.25) is 5.02 Å². The van der Waals surface area contributed by atoms with Gasteiger partial charge in [0, 0.05) is 30.2 Å². The molecule has 34 heavy (non-hydrogen) atoms. The third-order valence-electron chi connectivity index (χ3n) is 5.19. The van der Waals surface area contributed by atoms with Crippen LogP contribution in [0, 0.1) is 10.0 Å². The van der Waals surface area contributed by atoms with Gasteiger partial charge in [-0.05, 0) is 13.8 Å². The number of halogens is 4. The van der Waals surface area contributed by atoms with Crippen LogP contribution in [0.1, 0.15) is 35.8 Å². The van der Waals surface area contributed by atoms with Gasteiger partial charge in [-0.3, -0.25) is 0 Å². The van der Waals surface area contributed by atoms with E-state index in [1.807, 2.05) is 24.4 Å². The summed E-state index contributed by atoms with van der Waals surface area (Å²) >= 11 is 2.43. The SMILES string of the molecule is CC(C)n1cc(Cl)c2cc(C(=O)Cc3ccc(OC#CI(F)F)cc3)cc(-c3cncnc3)c21. The molecule has 0 radical (unpaired) electrons. The maximum atomic E-state index is 13.2. The molecule has 174 valence electrons. The van der Waals surface area contributed by atoms with Gasteiger partial charge in [0.05, 0.1) is 10.5 Å². The maximum absolute atomic E-state index is 13.2. The van der Waals surface area contributed by atoms with Crippen LogP contribution in [0.5, 0.6) is 5.75 Å². The summed E-state index contributed by atoms with van der Waals surface area (Å²) in [6, 6.07) is 10.4. The summed E-state index contributed by atoms with van der Waals surface area (Å²) in [6.45, 7) is 4.13. The molecule has 0 aliphatic carbocycles. The predicted molar refractivity (Wildman–Crippen MR) is 137 cm³/mol. The standard InChI is InChI=1S/C25H19ClF2IN3O2/c1-16(2)32-14-23(26)22-11-18(10-21(25(22)32)19-12-30-15-31-13-19)24(33)9-17-3-5-20(6-4-17)34-8-7-29(27)28/h3-6,10-16H,9H2,1-2H3. The first-order valence-electron chi connectivity index (χ1n) is 10.3. The van der Waals surface area contributed by atoms with Gasteiger partial charge in [-0.25, -0.2) is 9.97 Å². The van der Waals surface area contributed by atoms with Crippen molar-refractivity contribution in [3.8, 4) is 26.9 Å².